The van der Waals surface area contributed by atoms with E-state index in [-0.39, 0.29) is 30.1 Å². The molecule has 7 heteroatoms. The maximum atomic E-state index is 5.35. The molecule has 1 heterocycles. The minimum Gasteiger partial charge on any atom is -0.375 e. The lowest BCUT2D eigenvalue weighted by Gasteiger charge is -2.23. The molecule has 5 nitrogen and oxygen atoms in total. The fraction of sp³-hybridized carbons (Fsp3) is 0.789. The highest BCUT2D eigenvalue weighted by Crippen LogP contribution is 2.26. The summed E-state index contributed by atoms with van der Waals surface area (Å²) in [5, 5.41) is 6.56. The lowest BCUT2D eigenvalue weighted by atomic mass is 9.87. The van der Waals surface area contributed by atoms with Gasteiger partial charge in [0, 0.05) is 32.6 Å². The van der Waals surface area contributed by atoms with Crippen molar-refractivity contribution in [3.63, 3.8) is 0 Å². The van der Waals surface area contributed by atoms with Crippen LogP contribution in [0.3, 0.4) is 0 Å². The first-order chi connectivity index (χ1) is 12.1. The van der Waals surface area contributed by atoms with Crippen LogP contribution in [0.4, 0.5) is 0 Å². The third kappa shape index (κ3) is 7.68. The van der Waals surface area contributed by atoms with E-state index >= 15 is 0 Å². The van der Waals surface area contributed by atoms with Crippen LogP contribution in [-0.4, -0.2) is 43.1 Å². The van der Waals surface area contributed by atoms with Gasteiger partial charge in [0.15, 0.2) is 5.96 Å². The first kappa shape index (κ1) is 23.6. The van der Waals surface area contributed by atoms with Gasteiger partial charge in [-0.25, -0.2) is 4.98 Å². The van der Waals surface area contributed by atoms with Crippen molar-refractivity contribution in [1.29, 1.82) is 0 Å². The molecule has 1 aromatic rings. The van der Waals surface area contributed by atoms with Gasteiger partial charge >= 0.3 is 0 Å². The molecule has 0 radical (unpaired) electrons. The molecule has 0 aliphatic heterocycles. The maximum absolute atomic E-state index is 5.35. The van der Waals surface area contributed by atoms with Crippen molar-refractivity contribution < 1.29 is 4.74 Å². The van der Waals surface area contributed by atoms with Gasteiger partial charge in [0.2, 0.25) is 0 Å². The fourth-order valence-corrected chi connectivity index (χ4v) is 4.14. The van der Waals surface area contributed by atoms with Gasteiger partial charge in [-0.15, -0.1) is 35.3 Å². The van der Waals surface area contributed by atoms with E-state index in [4.69, 9.17) is 9.73 Å². The summed E-state index contributed by atoms with van der Waals surface area (Å²) in [6, 6.07) is 0. The predicted octanol–water partition coefficient (Wildman–Crippen LogP) is 4.84. The highest BCUT2D eigenvalue weighted by atomic mass is 127. The van der Waals surface area contributed by atoms with Gasteiger partial charge in [-0.2, -0.15) is 0 Å². The third-order valence-electron chi connectivity index (χ3n) is 4.89. The third-order valence-corrected chi connectivity index (χ3v) is 5.94. The number of hydrogen-bond acceptors (Lipinski definition) is 4. The van der Waals surface area contributed by atoms with Crippen LogP contribution in [0.5, 0.6) is 0 Å². The number of thiazole rings is 1. The molecule has 150 valence electrons. The Balaban J connectivity index is 0.00000338. The number of ether oxygens (including phenoxy) is 1. The van der Waals surface area contributed by atoms with Crippen LogP contribution in [-0.2, 0) is 11.3 Å². The lowest BCUT2D eigenvalue weighted by molar-refractivity contribution is 0.119. The summed E-state index contributed by atoms with van der Waals surface area (Å²) in [7, 11) is 3.81. The van der Waals surface area contributed by atoms with Gasteiger partial charge in [0.05, 0.1) is 12.2 Å². The maximum Gasteiger partial charge on any atom is 0.194 e. The van der Waals surface area contributed by atoms with Crippen molar-refractivity contribution in [1.82, 2.24) is 15.2 Å². The monoisotopic (exact) mass is 494 g/mol. The van der Waals surface area contributed by atoms with Crippen LogP contribution in [0.2, 0.25) is 0 Å². The van der Waals surface area contributed by atoms with E-state index in [0.717, 1.165) is 42.2 Å². The summed E-state index contributed by atoms with van der Waals surface area (Å²) in [6.45, 7) is 6.72. The Morgan fingerprint density at radius 1 is 1.42 bits per heavy atom. The predicted molar refractivity (Wildman–Crippen MR) is 122 cm³/mol. The van der Waals surface area contributed by atoms with Crippen molar-refractivity contribution in [2.75, 3.05) is 27.2 Å². The van der Waals surface area contributed by atoms with E-state index in [0.29, 0.717) is 0 Å². The number of rotatable bonds is 8. The topological polar surface area (TPSA) is 49.8 Å². The average Bonchev–Trinajstić information content (AvgIpc) is 3.09. The first-order valence-corrected chi connectivity index (χ1v) is 10.5. The zero-order valence-electron chi connectivity index (χ0n) is 16.7. The van der Waals surface area contributed by atoms with Gasteiger partial charge in [0.25, 0.3) is 0 Å². The van der Waals surface area contributed by atoms with E-state index in [1.165, 1.54) is 38.5 Å². The van der Waals surface area contributed by atoms with E-state index in [1.54, 1.807) is 18.4 Å². The molecule has 2 rings (SSSR count). The van der Waals surface area contributed by atoms with Crippen molar-refractivity contribution in [3.8, 4) is 0 Å². The van der Waals surface area contributed by atoms with Gasteiger partial charge < -0.3 is 15.0 Å². The van der Waals surface area contributed by atoms with Crippen LogP contribution in [0, 0.1) is 5.92 Å². The number of hydrogen-bond donors (Lipinski definition) is 1. The lowest BCUT2D eigenvalue weighted by Crippen LogP contribution is -2.38. The molecule has 1 atom stereocenters. The zero-order valence-corrected chi connectivity index (χ0v) is 19.8. The summed E-state index contributed by atoms with van der Waals surface area (Å²) in [5.41, 5.74) is 1.07. The van der Waals surface area contributed by atoms with Crippen LogP contribution in [0.1, 0.15) is 69.2 Å². The smallest absolute Gasteiger partial charge is 0.194 e. The summed E-state index contributed by atoms with van der Waals surface area (Å²) < 4.78 is 5.35. The van der Waals surface area contributed by atoms with Crippen LogP contribution >= 0.6 is 35.3 Å². The summed E-state index contributed by atoms with van der Waals surface area (Å²) in [6.07, 6.45) is 8.28. The number of aromatic nitrogens is 1. The molecule has 1 saturated carbocycles. The van der Waals surface area contributed by atoms with Crippen LogP contribution in [0.15, 0.2) is 10.4 Å². The van der Waals surface area contributed by atoms with E-state index < -0.39 is 0 Å². The molecule has 26 heavy (non-hydrogen) atoms. The molecule has 1 aliphatic rings. The Kier molecular flexibility index (Phi) is 11.7. The molecule has 0 aromatic carbocycles. The highest BCUT2D eigenvalue weighted by molar-refractivity contribution is 14.0. The Labute approximate surface area is 180 Å². The number of nitrogens with one attached hydrogen (secondary N) is 1. The molecule has 0 amide bonds. The number of guanidine groups is 1. The first-order valence-electron chi connectivity index (χ1n) is 9.60. The molecule has 1 fully saturated rings. The van der Waals surface area contributed by atoms with Gasteiger partial charge in [-0.1, -0.05) is 32.1 Å². The van der Waals surface area contributed by atoms with Gasteiger partial charge in [0.1, 0.15) is 11.1 Å². The minimum absolute atomic E-state index is 0. The van der Waals surface area contributed by atoms with Gasteiger partial charge in [-0.3, -0.25) is 4.99 Å². The van der Waals surface area contributed by atoms with Crippen molar-refractivity contribution >= 4 is 41.3 Å². The number of nitrogens with zero attached hydrogens (tertiary/aromatic N) is 3. The highest BCUT2D eigenvalue weighted by Gasteiger charge is 2.14. The summed E-state index contributed by atoms with van der Waals surface area (Å²) in [4.78, 5) is 11.7. The van der Waals surface area contributed by atoms with E-state index in [1.807, 2.05) is 6.92 Å². The van der Waals surface area contributed by atoms with Crippen molar-refractivity contribution in [3.05, 3.63) is 16.1 Å². The number of aliphatic imine (C=N–C) groups is 1. The number of halogens is 1. The van der Waals surface area contributed by atoms with Gasteiger partial charge in [-0.05, 0) is 26.2 Å². The molecular weight excluding hydrogens is 459 g/mol. The summed E-state index contributed by atoms with van der Waals surface area (Å²) in [5.74, 6) is 1.86. The normalized spacial score (nSPS) is 16.8. The zero-order chi connectivity index (χ0) is 18.1. The molecule has 1 aliphatic carbocycles. The minimum atomic E-state index is 0. The molecule has 1 N–H and O–H groups in total. The molecular formula is C19H35IN4OS. The Morgan fingerprint density at radius 2 is 2.15 bits per heavy atom. The molecule has 0 saturated heterocycles. The van der Waals surface area contributed by atoms with E-state index in [2.05, 4.69) is 34.6 Å². The molecule has 1 aromatic heterocycles. The van der Waals surface area contributed by atoms with Crippen molar-refractivity contribution in [2.45, 2.75) is 65.0 Å². The quantitative estimate of drug-likeness (QED) is 0.319. The Bertz CT molecular complexity index is 531. The Hall–Kier alpha value is -0.410. The van der Waals surface area contributed by atoms with Crippen molar-refractivity contribution in [2.24, 2.45) is 10.9 Å². The second-order valence-electron chi connectivity index (χ2n) is 6.94. The largest absolute Gasteiger partial charge is 0.375 e. The van der Waals surface area contributed by atoms with Crippen LogP contribution in [0.25, 0.3) is 0 Å². The fourth-order valence-electron chi connectivity index (χ4n) is 3.30. The molecule has 0 spiro atoms. The molecule has 1 unspecified atom stereocenters. The second kappa shape index (κ2) is 12.9. The van der Waals surface area contributed by atoms with Crippen LogP contribution < -0.4 is 5.32 Å². The average molecular weight is 494 g/mol. The second-order valence-corrected chi connectivity index (χ2v) is 7.83. The standard InChI is InChI=1S/C19H34N4OS.HI/c1-5-20-19(21-12-11-16-9-7-6-8-10-16)23(3)13-17-14-25-18(22-17)15(2)24-4;/h14-16H,5-13H2,1-4H3,(H,20,21);1H. The Morgan fingerprint density at radius 3 is 2.81 bits per heavy atom. The molecule has 0 bridgehead atoms. The number of methoxy groups -OCH3 is 1. The summed E-state index contributed by atoms with van der Waals surface area (Å²) >= 11 is 1.66. The SMILES string of the molecule is CCNC(=NCCC1CCCCC1)N(C)Cc1csc(C(C)OC)n1.I. The van der Waals surface area contributed by atoms with E-state index in [9.17, 15) is 0 Å².